The number of hydrogen-bond donors (Lipinski definition) is 0. The second kappa shape index (κ2) is 6.98. The first-order valence-electron chi connectivity index (χ1n) is 7.04. The van der Waals surface area contributed by atoms with Crippen LogP contribution in [-0.2, 0) is 33.9 Å². The molecule has 3 rings (SSSR count). The second-order valence-corrected chi connectivity index (χ2v) is 5.53. The third-order valence-corrected chi connectivity index (χ3v) is 3.65. The summed E-state index contributed by atoms with van der Waals surface area (Å²) in [5.41, 5.74) is 1.77. The number of carbonyl (C=O) groups excluding carboxylic acids is 1. The van der Waals surface area contributed by atoms with Gasteiger partial charge in [0.15, 0.2) is 6.79 Å². The maximum atomic E-state index is 13.5. The number of fused-ring (bicyclic) bond motifs is 1. The number of rotatable bonds is 4. The van der Waals surface area contributed by atoms with Gasteiger partial charge < -0.3 is 14.2 Å². The fourth-order valence-corrected chi connectivity index (χ4v) is 2.63. The molecule has 1 aliphatic heterocycles. The van der Waals surface area contributed by atoms with E-state index in [0.717, 1.165) is 5.56 Å². The van der Waals surface area contributed by atoms with Gasteiger partial charge in [0, 0.05) is 16.1 Å². The molecule has 0 atom stereocenters. The number of benzene rings is 2. The van der Waals surface area contributed by atoms with Crippen molar-refractivity contribution in [2.75, 3.05) is 6.79 Å². The van der Waals surface area contributed by atoms with Crippen LogP contribution in [0, 0.1) is 5.82 Å². The molecule has 0 N–H and O–H groups in total. The Morgan fingerprint density at radius 2 is 2.09 bits per heavy atom. The van der Waals surface area contributed by atoms with Crippen LogP contribution in [0.15, 0.2) is 36.4 Å². The highest BCUT2D eigenvalue weighted by atomic mass is 35.5. The molecular weight excluding hydrogens is 323 g/mol. The van der Waals surface area contributed by atoms with E-state index >= 15 is 0 Å². The highest BCUT2D eigenvalue weighted by Crippen LogP contribution is 2.32. The van der Waals surface area contributed by atoms with E-state index in [-0.39, 0.29) is 19.8 Å². The van der Waals surface area contributed by atoms with Gasteiger partial charge in [-0.1, -0.05) is 29.8 Å². The Morgan fingerprint density at radius 3 is 2.91 bits per heavy atom. The molecule has 0 saturated heterocycles. The molecule has 1 heterocycles. The van der Waals surface area contributed by atoms with Crippen molar-refractivity contribution in [1.29, 1.82) is 0 Å². The molecule has 0 fully saturated rings. The molecular formula is C17H14ClFO4. The van der Waals surface area contributed by atoms with Crippen LogP contribution in [-0.4, -0.2) is 12.8 Å². The van der Waals surface area contributed by atoms with E-state index in [1.807, 2.05) is 0 Å². The van der Waals surface area contributed by atoms with Crippen LogP contribution < -0.4 is 4.74 Å². The molecule has 6 heteroatoms. The molecule has 0 amide bonds. The van der Waals surface area contributed by atoms with Crippen LogP contribution >= 0.6 is 11.6 Å². The summed E-state index contributed by atoms with van der Waals surface area (Å²) in [6.45, 7) is 0.549. The molecule has 1 aliphatic rings. The van der Waals surface area contributed by atoms with E-state index in [9.17, 15) is 9.18 Å². The molecule has 0 spiro atoms. The topological polar surface area (TPSA) is 44.8 Å². The van der Waals surface area contributed by atoms with Crippen LogP contribution in [0.2, 0.25) is 5.02 Å². The summed E-state index contributed by atoms with van der Waals surface area (Å²) in [6.07, 6.45) is -0.126. The minimum Gasteiger partial charge on any atom is -0.467 e. The van der Waals surface area contributed by atoms with Crippen LogP contribution in [0.3, 0.4) is 0 Å². The largest absolute Gasteiger partial charge is 0.467 e. The highest BCUT2D eigenvalue weighted by Gasteiger charge is 2.18. The first-order chi connectivity index (χ1) is 11.1. The van der Waals surface area contributed by atoms with Gasteiger partial charge >= 0.3 is 5.97 Å². The molecule has 0 aliphatic carbocycles. The van der Waals surface area contributed by atoms with E-state index < -0.39 is 11.8 Å². The van der Waals surface area contributed by atoms with E-state index in [4.69, 9.17) is 25.8 Å². The molecule has 0 radical (unpaired) electrons. The van der Waals surface area contributed by atoms with Crippen molar-refractivity contribution in [3.8, 4) is 5.75 Å². The van der Waals surface area contributed by atoms with Crippen molar-refractivity contribution >= 4 is 17.6 Å². The average Bonchev–Trinajstić information content (AvgIpc) is 2.54. The Bertz CT molecular complexity index is 733. The minimum atomic E-state index is -0.518. The van der Waals surface area contributed by atoms with E-state index in [0.29, 0.717) is 28.5 Å². The van der Waals surface area contributed by atoms with E-state index in [1.54, 1.807) is 30.3 Å². The van der Waals surface area contributed by atoms with Crippen LogP contribution in [0.25, 0.3) is 0 Å². The first-order valence-corrected chi connectivity index (χ1v) is 7.42. The number of ether oxygens (including phenoxy) is 3. The van der Waals surface area contributed by atoms with Crippen LogP contribution in [0.1, 0.15) is 16.7 Å². The lowest BCUT2D eigenvalue weighted by Crippen LogP contribution is -2.15. The lowest BCUT2D eigenvalue weighted by atomic mass is 10.1. The van der Waals surface area contributed by atoms with Gasteiger partial charge in [0.05, 0.1) is 13.0 Å². The maximum absolute atomic E-state index is 13.5. The predicted molar refractivity (Wildman–Crippen MR) is 81.6 cm³/mol. The zero-order valence-electron chi connectivity index (χ0n) is 12.2. The monoisotopic (exact) mass is 336 g/mol. The molecule has 2 aromatic carbocycles. The van der Waals surface area contributed by atoms with Gasteiger partial charge in [-0.2, -0.15) is 0 Å². The van der Waals surface area contributed by atoms with Crippen molar-refractivity contribution in [3.63, 3.8) is 0 Å². The molecule has 23 heavy (non-hydrogen) atoms. The number of hydrogen-bond acceptors (Lipinski definition) is 4. The zero-order chi connectivity index (χ0) is 16.2. The Balaban J connectivity index is 1.68. The van der Waals surface area contributed by atoms with Crippen molar-refractivity contribution < 1.29 is 23.4 Å². The quantitative estimate of drug-likeness (QED) is 0.800. The molecule has 0 saturated carbocycles. The van der Waals surface area contributed by atoms with Gasteiger partial charge in [-0.3, -0.25) is 4.79 Å². The summed E-state index contributed by atoms with van der Waals surface area (Å²) in [7, 11) is 0. The smallest absolute Gasteiger partial charge is 0.310 e. The molecule has 2 aromatic rings. The van der Waals surface area contributed by atoms with Gasteiger partial charge in [0.25, 0.3) is 0 Å². The fraction of sp³-hybridized carbons (Fsp3) is 0.235. The summed E-state index contributed by atoms with van der Waals surface area (Å²) in [5, 5.41) is 0.512. The van der Waals surface area contributed by atoms with Gasteiger partial charge in [0.1, 0.15) is 18.2 Å². The van der Waals surface area contributed by atoms with Crippen LogP contribution in [0.5, 0.6) is 5.75 Å². The van der Waals surface area contributed by atoms with Gasteiger partial charge in [-0.25, -0.2) is 4.39 Å². The third-order valence-electron chi connectivity index (χ3n) is 3.43. The number of esters is 1. The van der Waals surface area contributed by atoms with E-state index in [1.165, 1.54) is 6.07 Å². The summed E-state index contributed by atoms with van der Waals surface area (Å²) in [5.74, 6) is -0.319. The van der Waals surface area contributed by atoms with Crippen molar-refractivity contribution in [2.24, 2.45) is 0 Å². The van der Waals surface area contributed by atoms with E-state index in [2.05, 4.69) is 0 Å². The van der Waals surface area contributed by atoms with Gasteiger partial charge in [-0.15, -0.1) is 0 Å². The normalized spacial score (nSPS) is 13.1. The van der Waals surface area contributed by atoms with Crippen LogP contribution in [0.4, 0.5) is 4.39 Å². The first kappa shape index (κ1) is 15.8. The second-order valence-electron chi connectivity index (χ2n) is 5.09. The molecule has 4 nitrogen and oxygen atoms in total. The molecule has 0 bridgehead atoms. The minimum absolute atomic E-state index is 0.0101. The summed E-state index contributed by atoms with van der Waals surface area (Å²) < 4.78 is 29.4. The third kappa shape index (κ3) is 3.81. The van der Waals surface area contributed by atoms with Crippen molar-refractivity contribution in [3.05, 3.63) is 63.9 Å². The Morgan fingerprint density at radius 1 is 1.26 bits per heavy atom. The molecule has 0 unspecified atom stereocenters. The maximum Gasteiger partial charge on any atom is 0.310 e. The van der Waals surface area contributed by atoms with Crippen molar-refractivity contribution in [2.45, 2.75) is 19.6 Å². The fourth-order valence-electron chi connectivity index (χ4n) is 2.37. The standard InChI is InChI=1S/C17H14ClFO4/c18-14-5-12-8-21-10-23-17(12)13(6-14)9-22-16(20)7-11-3-1-2-4-15(11)19/h1-6H,7-10H2. The Kier molecular flexibility index (Phi) is 4.79. The van der Waals surface area contributed by atoms with Crippen molar-refractivity contribution in [1.82, 2.24) is 0 Å². The summed E-state index contributed by atoms with van der Waals surface area (Å²) in [4.78, 5) is 11.9. The zero-order valence-corrected chi connectivity index (χ0v) is 12.9. The predicted octanol–water partition coefficient (Wildman–Crippen LogP) is 3.63. The lowest BCUT2D eigenvalue weighted by Gasteiger charge is -2.21. The summed E-state index contributed by atoms with van der Waals surface area (Å²) >= 11 is 6.05. The lowest BCUT2D eigenvalue weighted by molar-refractivity contribution is -0.144. The molecule has 0 aromatic heterocycles. The molecule has 120 valence electrons. The number of halogens is 2. The SMILES string of the molecule is O=C(Cc1ccccc1F)OCc1cc(Cl)cc2c1OCOC2. The number of carbonyl (C=O) groups is 1. The highest BCUT2D eigenvalue weighted by molar-refractivity contribution is 6.30. The Hall–Kier alpha value is -2.11. The summed E-state index contributed by atoms with van der Waals surface area (Å²) in [6, 6.07) is 9.54. The average molecular weight is 337 g/mol. The Labute approximate surface area is 137 Å². The van der Waals surface area contributed by atoms with Gasteiger partial charge in [0.2, 0.25) is 0 Å². The van der Waals surface area contributed by atoms with Gasteiger partial charge in [-0.05, 0) is 23.8 Å².